The summed E-state index contributed by atoms with van der Waals surface area (Å²) >= 11 is 3.36. The molecule has 0 atom stereocenters. The predicted octanol–water partition coefficient (Wildman–Crippen LogP) is 2.87. The van der Waals surface area contributed by atoms with Gasteiger partial charge in [-0.3, -0.25) is 4.79 Å². The Morgan fingerprint density at radius 3 is 2.44 bits per heavy atom. The first-order valence-corrected chi connectivity index (χ1v) is 6.46. The number of fused-ring (bicyclic) bond motifs is 1. The average Bonchev–Trinajstić information content (AvgIpc) is 2.39. The Balaban J connectivity index is 2.32. The molecular weight excluding hydrogens is 300 g/mol. The molecule has 5 heteroatoms. The molecule has 1 aliphatic rings. The molecule has 98 valence electrons. The van der Waals surface area contributed by atoms with Crippen LogP contribution in [-0.2, 0) is 11.2 Å². The Morgan fingerprint density at radius 2 is 1.89 bits per heavy atom. The quantitative estimate of drug-likeness (QED) is 0.912. The van der Waals surface area contributed by atoms with Crippen LogP contribution < -0.4 is 9.47 Å². The second-order valence-electron chi connectivity index (χ2n) is 5.20. The zero-order valence-electron chi connectivity index (χ0n) is 10.3. The van der Waals surface area contributed by atoms with Gasteiger partial charge in [-0.1, -0.05) is 29.8 Å². The molecule has 0 radical (unpaired) electrons. The van der Waals surface area contributed by atoms with Crippen LogP contribution in [0.25, 0.3) is 0 Å². The Kier molecular flexibility index (Phi) is 3.52. The molecule has 1 aliphatic heterocycles. The third-order valence-corrected chi connectivity index (χ3v) is 3.43. The van der Waals surface area contributed by atoms with E-state index in [1.807, 2.05) is 0 Å². The molecule has 0 amide bonds. The molecule has 4 nitrogen and oxygen atoms in total. The number of rotatable bonds is 2. The van der Waals surface area contributed by atoms with Crippen LogP contribution in [0, 0.1) is 5.41 Å². The molecule has 1 aromatic rings. The van der Waals surface area contributed by atoms with E-state index in [0.29, 0.717) is 30.3 Å². The van der Waals surface area contributed by atoms with Crippen LogP contribution in [0.2, 0.25) is 0 Å². The Labute approximate surface area is 114 Å². The summed E-state index contributed by atoms with van der Waals surface area (Å²) in [6, 6.07) is 3.50. The largest absolute Gasteiger partial charge is 0.489 e. The molecule has 0 saturated heterocycles. The van der Waals surface area contributed by atoms with Crippen LogP contribution >= 0.6 is 15.9 Å². The van der Waals surface area contributed by atoms with E-state index in [-0.39, 0.29) is 11.8 Å². The zero-order valence-corrected chi connectivity index (χ0v) is 11.9. The van der Waals surface area contributed by atoms with Crippen LogP contribution in [0.4, 0.5) is 0 Å². The van der Waals surface area contributed by atoms with Gasteiger partial charge in [0.2, 0.25) is 0 Å². The van der Waals surface area contributed by atoms with Crippen LogP contribution in [0.1, 0.15) is 19.4 Å². The molecule has 0 aliphatic carbocycles. The second kappa shape index (κ2) is 4.80. The van der Waals surface area contributed by atoms with E-state index < -0.39 is 5.97 Å². The highest BCUT2D eigenvalue weighted by atomic mass is 79.9. The summed E-state index contributed by atoms with van der Waals surface area (Å²) in [4.78, 5) is 10.8. The van der Waals surface area contributed by atoms with Crippen LogP contribution in [-0.4, -0.2) is 24.3 Å². The smallest absolute Gasteiger partial charge is 0.307 e. The van der Waals surface area contributed by atoms with Crippen LogP contribution in [0.15, 0.2) is 16.6 Å². The Hall–Kier alpha value is -1.23. The van der Waals surface area contributed by atoms with Crippen LogP contribution in [0.3, 0.4) is 0 Å². The van der Waals surface area contributed by atoms with Gasteiger partial charge in [-0.25, -0.2) is 0 Å². The van der Waals surface area contributed by atoms with Gasteiger partial charge in [0.15, 0.2) is 11.5 Å². The van der Waals surface area contributed by atoms with Crippen molar-refractivity contribution in [1.29, 1.82) is 0 Å². The molecule has 2 rings (SSSR count). The third-order valence-electron chi connectivity index (χ3n) is 2.69. The number of aliphatic carboxylic acids is 1. The lowest BCUT2D eigenvalue weighted by Crippen LogP contribution is -2.26. The maximum absolute atomic E-state index is 10.8. The summed E-state index contributed by atoms with van der Waals surface area (Å²) in [6.45, 7) is 5.25. The van der Waals surface area contributed by atoms with Crippen molar-refractivity contribution in [3.05, 3.63) is 22.2 Å². The van der Waals surface area contributed by atoms with E-state index in [1.54, 1.807) is 12.1 Å². The number of hydrogen-bond acceptors (Lipinski definition) is 3. The molecular formula is C13H15BrO4. The molecule has 0 fully saturated rings. The van der Waals surface area contributed by atoms with Crippen molar-refractivity contribution in [2.45, 2.75) is 20.3 Å². The number of carboxylic acid groups (broad SMARTS) is 1. The number of carbonyl (C=O) groups is 1. The van der Waals surface area contributed by atoms with Gasteiger partial charge in [-0.15, -0.1) is 0 Å². The van der Waals surface area contributed by atoms with Gasteiger partial charge in [0.25, 0.3) is 0 Å². The van der Waals surface area contributed by atoms with Crippen LogP contribution in [0.5, 0.6) is 11.5 Å². The fourth-order valence-electron chi connectivity index (χ4n) is 1.69. The lowest BCUT2D eigenvalue weighted by Gasteiger charge is -2.19. The maximum Gasteiger partial charge on any atom is 0.307 e. The summed E-state index contributed by atoms with van der Waals surface area (Å²) in [5.74, 6) is 0.395. The van der Waals surface area contributed by atoms with Crippen molar-refractivity contribution in [3.8, 4) is 11.5 Å². The van der Waals surface area contributed by atoms with E-state index in [1.165, 1.54) is 0 Å². The normalized spacial score (nSPS) is 17.1. The first kappa shape index (κ1) is 13.2. The summed E-state index contributed by atoms with van der Waals surface area (Å²) < 4.78 is 12.1. The minimum Gasteiger partial charge on any atom is -0.489 e. The minimum atomic E-state index is -0.870. The van der Waals surface area contributed by atoms with Crippen molar-refractivity contribution in [3.63, 3.8) is 0 Å². The number of halogens is 1. The van der Waals surface area contributed by atoms with E-state index in [4.69, 9.17) is 14.6 Å². The SMILES string of the molecule is CC1(C)COc2cc(Br)c(CC(=O)O)cc2OC1. The lowest BCUT2D eigenvalue weighted by molar-refractivity contribution is -0.136. The Bertz CT molecular complexity index is 482. The molecule has 0 spiro atoms. The molecule has 0 aromatic heterocycles. The number of benzene rings is 1. The third kappa shape index (κ3) is 2.96. The number of ether oxygens (including phenoxy) is 2. The van der Waals surface area contributed by atoms with Gasteiger partial charge in [0.1, 0.15) is 0 Å². The second-order valence-corrected chi connectivity index (χ2v) is 6.06. The van der Waals surface area contributed by atoms with E-state index in [2.05, 4.69) is 29.8 Å². The standard InChI is InChI=1S/C13H15BrO4/c1-13(2)6-17-10-3-8(4-12(15)16)9(14)5-11(10)18-7-13/h3,5H,4,6-7H2,1-2H3,(H,15,16). The summed E-state index contributed by atoms with van der Waals surface area (Å²) in [7, 11) is 0. The molecule has 1 heterocycles. The first-order valence-electron chi connectivity index (χ1n) is 5.67. The average molecular weight is 315 g/mol. The summed E-state index contributed by atoms with van der Waals surface area (Å²) in [6.07, 6.45) is -0.0411. The summed E-state index contributed by atoms with van der Waals surface area (Å²) in [5, 5.41) is 8.84. The van der Waals surface area contributed by atoms with E-state index in [0.717, 1.165) is 4.47 Å². The highest BCUT2D eigenvalue weighted by Gasteiger charge is 2.26. The van der Waals surface area contributed by atoms with Gasteiger partial charge < -0.3 is 14.6 Å². The van der Waals surface area contributed by atoms with Crippen molar-refractivity contribution in [2.24, 2.45) is 5.41 Å². The molecule has 1 N–H and O–H groups in total. The highest BCUT2D eigenvalue weighted by molar-refractivity contribution is 9.10. The fourth-order valence-corrected chi connectivity index (χ4v) is 2.15. The fraction of sp³-hybridized carbons (Fsp3) is 0.462. The molecule has 0 saturated carbocycles. The number of carboxylic acids is 1. The predicted molar refractivity (Wildman–Crippen MR) is 70.3 cm³/mol. The monoisotopic (exact) mass is 314 g/mol. The number of hydrogen-bond donors (Lipinski definition) is 1. The molecule has 1 aromatic carbocycles. The maximum atomic E-state index is 10.8. The zero-order chi connectivity index (χ0) is 13.3. The first-order chi connectivity index (χ1) is 8.37. The van der Waals surface area contributed by atoms with Crippen molar-refractivity contribution < 1.29 is 19.4 Å². The van der Waals surface area contributed by atoms with Gasteiger partial charge >= 0.3 is 5.97 Å². The van der Waals surface area contributed by atoms with Crippen molar-refractivity contribution >= 4 is 21.9 Å². The van der Waals surface area contributed by atoms with Crippen molar-refractivity contribution in [1.82, 2.24) is 0 Å². The van der Waals surface area contributed by atoms with Gasteiger partial charge in [0.05, 0.1) is 19.6 Å². The van der Waals surface area contributed by atoms with Gasteiger partial charge in [-0.05, 0) is 17.7 Å². The minimum absolute atomic E-state index is 0.0411. The summed E-state index contributed by atoms with van der Waals surface area (Å²) in [5.41, 5.74) is 0.628. The van der Waals surface area contributed by atoms with E-state index >= 15 is 0 Å². The topological polar surface area (TPSA) is 55.8 Å². The molecule has 18 heavy (non-hydrogen) atoms. The Morgan fingerprint density at radius 1 is 1.33 bits per heavy atom. The molecule has 0 unspecified atom stereocenters. The van der Waals surface area contributed by atoms with E-state index in [9.17, 15) is 4.79 Å². The lowest BCUT2D eigenvalue weighted by atomic mass is 9.97. The molecule has 0 bridgehead atoms. The van der Waals surface area contributed by atoms with Crippen molar-refractivity contribution in [2.75, 3.05) is 13.2 Å². The highest BCUT2D eigenvalue weighted by Crippen LogP contribution is 2.37. The van der Waals surface area contributed by atoms with Gasteiger partial charge in [-0.2, -0.15) is 0 Å². The van der Waals surface area contributed by atoms with Gasteiger partial charge in [0, 0.05) is 9.89 Å².